The van der Waals surface area contributed by atoms with E-state index >= 15 is 0 Å². The van der Waals surface area contributed by atoms with E-state index in [2.05, 4.69) is 14.7 Å². The third kappa shape index (κ3) is 3.38. The summed E-state index contributed by atoms with van der Waals surface area (Å²) in [6, 6.07) is 1.56. The largest absolute Gasteiger partial charge is 0.348 e. The van der Waals surface area contributed by atoms with Crippen LogP contribution in [0.15, 0.2) is 18.5 Å². The molecule has 1 rings (SSSR count). The molecule has 1 N–H and O–H groups in total. The first-order valence-electron chi connectivity index (χ1n) is 4.84. The number of sulfonamides is 1. The highest BCUT2D eigenvalue weighted by atomic mass is 32.2. The van der Waals surface area contributed by atoms with E-state index in [0.29, 0.717) is 0 Å². The Kier molecular flexibility index (Phi) is 4.00. The minimum Gasteiger partial charge on any atom is -0.348 e. The van der Waals surface area contributed by atoms with Crippen LogP contribution in [0.2, 0.25) is 0 Å². The van der Waals surface area contributed by atoms with Crippen LogP contribution in [0.3, 0.4) is 0 Å². The minimum atomic E-state index is -3.82. The number of carbonyl (C=O) groups excluding carboxylic acids is 1. The van der Waals surface area contributed by atoms with Crippen LogP contribution in [0.25, 0.3) is 0 Å². The number of aromatic nitrogens is 2. The van der Waals surface area contributed by atoms with Crippen molar-refractivity contribution in [3.63, 3.8) is 0 Å². The van der Waals surface area contributed by atoms with Crippen LogP contribution in [0.1, 0.15) is 6.92 Å². The van der Waals surface area contributed by atoms with Gasteiger partial charge in [0.05, 0.1) is 0 Å². The quantitative estimate of drug-likeness (QED) is 0.800. The van der Waals surface area contributed by atoms with Gasteiger partial charge in [-0.05, 0) is 13.0 Å². The second kappa shape index (κ2) is 5.09. The molecule has 0 spiro atoms. The Morgan fingerprint density at radius 1 is 1.35 bits per heavy atom. The van der Waals surface area contributed by atoms with Crippen molar-refractivity contribution in [1.29, 1.82) is 0 Å². The van der Waals surface area contributed by atoms with E-state index in [4.69, 9.17) is 0 Å². The Morgan fingerprint density at radius 2 is 1.88 bits per heavy atom. The van der Waals surface area contributed by atoms with E-state index in [-0.39, 0.29) is 5.95 Å². The first kappa shape index (κ1) is 13.4. The van der Waals surface area contributed by atoms with Gasteiger partial charge in [0.2, 0.25) is 21.9 Å². The highest BCUT2D eigenvalue weighted by Gasteiger charge is 2.29. The van der Waals surface area contributed by atoms with Crippen molar-refractivity contribution in [1.82, 2.24) is 14.9 Å². The zero-order valence-corrected chi connectivity index (χ0v) is 10.6. The molecule has 94 valence electrons. The van der Waals surface area contributed by atoms with Gasteiger partial charge in [0.1, 0.15) is 0 Å². The van der Waals surface area contributed by atoms with E-state index in [9.17, 15) is 13.2 Å². The van der Waals surface area contributed by atoms with Gasteiger partial charge < -0.3 is 4.90 Å². The standard InChI is InChI=1S/C9H14N4O3S/c1-7(8(14)13(2)3)17(15,16)12-9-10-5-4-6-11-9/h4-7H,1-3H3,(H,10,11,12). The molecule has 0 aliphatic rings. The Labute approximate surface area is 99.9 Å². The van der Waals surface area contributed by atoms with Gasteiger partial charge in [0.15, 0.2) is 5.25 Å². The average molecular weight is 258 g/mol. The molecule has 17 heavy (non-hydrogen) atoms. The molecular formula is C9H14N4O3S. The van der Waals surface area contributed by atoms with Crippen molar-refractivity contribution in [3.8, 4) is 0 Å². The first-order chi connectivity index (χ1) is 7.84. The minimum absolute atomic E-state index is 0.0501. The highest BCUT2D eigenvalue weighted by Crippen LogP contribution is 2.07. The number of anilines is 1. The summed E-state index contributed by atoms with van der Waals surface area (Å²) in [7, 11) is -0.837. The SMILES string of the molecule is CC(C(=O)N(C)C)S(=O)(=O)Nc1ncccn1. The third-order valence-corrected chi connectivity index (χ3v) is 3.65. The third-order valence-electron chi connectivity index (χ3n) is 2.05. The fourth-order valence-corrected chi connectivity index (χ4v) is 2.08. The van der Waals surface area contributed by atoms with Crippen LogP contribution >= 0.6 is 0 Å². The number of nitrogens with zero attached hydrogens (tertiary/aromatic N) is 3. The smallest absolute Gasteiger partial charge is 0.246 e. The van der Waals surface area contributed by atoms with Gasteiger partial charge in [0, 0.05) is 26.5 Å². The molecule has 7 nitrogen and oxygen atoms in total. The summed E-state index contributed by atoms with van der Waals surface area (Å²) < 4.78 is 25.8. The molecule has 0 aromatic carbocycles. The molecule has 1 heterocycles. The maximum absolute atomic E-state index is 11.8. The fraction of sp³-hybridized carbons (Fsp3) is 0.444. The highest BCUT2D eigenvalue weighted by molar-refractivity contribution is 7.94. The predicted molar refractivity (Wildman–Crippen MR) is 62.7 cm³/mol. The second-order valence-electron chi connectivity index (χ2n) is 3.59. The molecule has 8 heteroatoms. The molecule has 0 fully saturated rings. The van der Waals surface area contributed by atoms with E-state index in [1.807, 2.05) is 0 Å². The Bertz CT molecular complexity index is 486. The number of nitrogens with one attached hydrogen (secondary N) is 1. The number of hydrogen-bond acceptors (Lipinski definition) is 5. The normalized spacial score (nSPS) is 12.9. The monoisotopic (exact) mass is 258 g/mol. The number of carbonyl (C=O) groups is 1. The lowest BCUT2D eigenvalue weighted by atomic mass is 10.4. The number of hydrogen-bond donors (Lipinski definition) is 1. The summed E-state index contributed by atoms with van der Waals surface area (Å²) in [5.41, 5.74) is 0. The summed E-state index contributed by atoms with van der Waals surface area (Å²) in [5.74, 6) is -0.556. The molecule has 0 bridgehead atoms. The lowest BCUT2D eigenvalue weighted by Gasteiger charge is -2.17. The van der Waals surface area contributed by atoms with Crippen LogP contribution in [-0.4, -0.2) is 48.5 Å². The molecule has 1 amide bonds. The Hall–Kier alpha value is -1.70. The zero-order chi connectivity index (χ0) is 13.1. The molecule has 1 aromatic heterocycles. The molecule has 1 aromatic rings. The summed E-state index contributed by atoms with van der Waals surface area (Å²) in [4.78, 5) is 20.2. The van der Waals surface area contributed by atoms with Gasteiger partial charge in [0.25, 0.3) is 0 Å². The molecule has 0 saturated heterocycles. The Morgan fingerprint density at radius 3 is 2.35 bits per heavy atom. The maximum atomic E-state index is 11.8. The summed E-state index contributed by atoms with van der Waals surface area (Å²) >= 11 is 0. The number of rotatable bonds is 4. The van der Waals surface area contributed by atoms with Crippen LogP contribution < -0.4 is 4.72 Å². The van der Waals surface area contributed by atoms with Crippen molar-refractivity contribution in [2.24, 2.45) is 0 Å². The summed E-state index contributed by atoms with van der Waals surface area (Å²) in [6.07, 6.45) is 2.81. The van der Waals surface area contributed by atoms with Crippen molar-refractivity contribution in [2.45, 2.75) is 12.2 Å². The van der Waals surface area contributed by atoms with Crippen LogP contribution in [0.4, 0.5) is 5.95 Å². The van der Waals surface area contributed by atoms with Crippen molar-refractivity contribution < 1.29 is 13.2 Å². The molecule has 1 unspecified atom stereocenters. The first-order valence-corrected chi connectivity index (χ1v) is 6.39. The van der Waals surface area contributed by atoms with Crippen LogP contribution in [0.5, 0.6) is 0 Å². The van der Waals surface area contributed by atoms with Crippen molar-refractivity contribution in [3.05, 3.63) is 18.5 Å². The van der Waals surface area contributed by atoms with E-state index in [1.54, 1.807) is 6.07 Å². The Balaban J connectivity index is 2.86. The van der Waals surface area contributed by atoms with Crippen molar-refractivity contribution in [2.75, 3.05) is 18.8 Å². The van der Waals surface area contributed by atoms with E-state index < -0.39 is 21.2 Å². The van der Waals surface area contributed by atoms with Crippen LogP contribution in [0, 0.1) is 0 Å². The molecule has 1 atom stereocenters. The lowest BCUT2D eigenvalue weighted by Crippen LogP contribution is -2.40. The van der Waals surface area contributed by atoms with Gasteiger partial charge in [-0.1, -0.05) is 0 Å². The lowest BCUT2D eigenvalue weighted by molar-refractivity contribution is -0.127. The molecule has 0 saturated carbocycles. The topological polar surface area (TPSA) is 92.3 Å². The molecule has 0 aliphatic carbocycles. The van der Waals surface area contributed by atoms with E-state index in [1.165, 1.54) is 38.3 Å². The second-order valence-corrected chi connectivity index (χ2v) is 5.60. The molecule has 0 radical (unpaired) electrons. The molecular weight excluding hydrogens is 244 g/mol. The predicted octanol–water partition coefficient (Wildman–Crippen LogP) is -0.305. The van der Waals surface area contributed by atoms with Gasteiger partial charge in [-0.15, -0.1) is 0 Å². The van der Waals surface area contributed by atoms with Crippen LogP contribution in [-0.2, 0) is 14.8 Å². The zero-order valence-electron chi connectivity index (χ0n) is 9.78. The summed E-state index contributed by atoms with van der Waals surface area (Å²) in [5, 5.41) is -1.19. The van der Waals surface area contributed by atoms with Gasteiger partial charge in [-0.25, -0.2) is 18.4 Å². The van der Waals surface area contributed by atoms with Gasteiger partial charge >= 0.3 is 0 Å². The van der Waals surface area contributed by atoms with Crippen molar-refractivity contribution >= 4 is 21.9 Å². The number of amides is 1. The van der Waals surface area contributed by atoms with Gasteiger partial charge in [-0.2, -0.15) is 0 Å². The maximum Gasteiger partial charge on any atom is 0.246 e. The van der Waals surface area contributed by atoms with Gasteiger partial charge in [-0.3, -0.25) is 9.52 Å². The molecule has 0 aliphatic heterocycles. The summed E-state index contributed by atoms with van der Waals surface area (Å²) in [6.45, 7) is 1.31. The van der Waals surface area contributed by atoms with E-state index in [0.717, 1.165) is 0 Å². The average Bonchev–Trinajstić information content (AvgIpc) is 2.27. The fourth-order valence-electron chi connectivity index (χ4n) is 1.06.